The molecule has 0 saturated heterocycles. The van der Waals surface area contributed by atoms with Crippen molar-refractivity contribution >= 4 is 16.6 Å². The molecule has 2 aromatic rings. The minimum atomic E-state index is -0.245. The molecule has 2 aliphatic rings. The Morgan fingerprint density at radius 2 is 2.21 bits per heavy atom. The number of hydrogen-bond donors (Lipinski definition) is 1. The Morgan fingerprint density at radius 1 is 1.32 bits per heavy atom. The maximum absolute atomic E-state index is 14.0. The van der Waals surface area contributed by atoms with Crippen molar-refractivity contribution in [2.45, 2.75) is 31.9 Å². The Bertz CT molecular complexity index is 652. The summed E-state index contributed by atoms with van der Waals surface area (Å²) >= 11 is 0. The number of para-hydroxylation sites is 1. The minimum Gasteiger partial charge on any atom is -0.381 e. The first-order valence-corrected chi connectivity index (χ1v) is 6.77. The number of fused-ring (bicyclic) bond motifs is 2. The van der Waals surface area contributed by atoms with Crippen molar-refractivity contribution in [2.75, 3.05) is 11.9 Å². The van der Waals surface area contributed by atoms with Crippen LogP contribution in [0.2, 0.25) is 0 Å². The molecule has 1 aliphatic carbocycles. The smallest absolute Gasteiger partial charge is 0.149 e. The summed E-state index contributed by atoms with van der Waals surface area (Å²) in [6.07, 6.45) is 3.14. The van der Waals surface area contributed by atoms with Crippen molar-refractivity contribution in [1.82, 2.24) is 4.98 Å². The largest absolute Gasteiger partial charge is 0.381 e. The van der Waals surface area contributed by atoms with E-state index in [1.165, 1.54) is 18.9 Å². The lowest BCUT2D eigenvalue weighted by atomic mass is 10.0. The Hall–Kier alpha value is -1.68. The van der Waals surface area contributed by atoms with Crippen molar-refractivity contribution < 1.29 is 9.13 Å². The fraction of sp³-hybridized carbons (Fsp3) is 0.400. The summed E-state index contributed by atoms with van der Waals surface area (Å²) in [6, 6.07) is 5.68. The molecule has 0 amide bonds. The van der Waals surface area contributed by atoms with Crippen LogP contribution in [0.1, 0.15) is 24.1 Å². The Kier molecular flexibility index (Phi) is 2.45. The third-order valence-electron chi connectivity index (χ3n) is 3.81. The predicted molar refractivity (Wildman–Crippen MR) is 71.7 cm³/mol. The Balaban J connectivity index is 1.99. The van der Waals surface area contributed by atoms with E-state index in [0.29, 0.717) is 24.8 Å². The number of pyridine rings is 1. The molecular formula is C15H15FN2O. The topological polar surface area (TPSA) is 34.2 Å². The van der Waals surface area contributed by atoms with Gasteiger partial charge in [0.15, 0.2) is 0 Å². The van der Waals surface area contributed by atoms with Crippen molar-refractivity contribution in [3.8, 4) is 0 Å². The van der Waals surface area contributed by atoms with Crippen LogP contribution in [-0.4, -0.2) is 17.6 Å². The second-order valence-corrected chi connectivity index (χ2v) is 5.27. The molecule has 1 aromatic carbocycles. The summed E-state index contributed by atoms with van der Waals surface area (Å²) < 4.78 is 19.5. The van der Waals surface area contributed by atoms with Crippen LogP contribution < -0.4 is 5.32 Å². The summed E-state index contributed by atoms with van der Waals surface area (Å²) in [5, 5.41) is 4.40. The van der Waals surface area contributed by atoms with E-state index in [0.717, 1.165) is 28.8 Å². The molecule has 2 heterocycles. The lowest BCUT2D eigenvalue weighted by Gasteiger charge is -2.22. The van der Waals surface area contributed by atoms with Gasteiger partial charge < -0.3 is 10.1 Å². The van der Waals surface area contributed by atoms with Gasteiger partial charge in [-0.1, -0.05) is 12.1 Å². The summed E-state index contributed by atoms with van der Waals surface area (Å²) in [7, 11) is 0. The van der Waals surface area contributed by atoms with Crippen molar-refractivity contribution in [1.29, 1.82) is 0 Å². The minimum absolute atomic E-state index is 0.245. The van der Waals surface area contributed by atoms with Crippen LogP contribution >= 0.6 is 0 Å². The Morgan fingerprint density at radius 3 is 3.05 bits per heavy atom. The van der Waals surface area contributed by atoms with Gasteiger partial charge in [-0.15, -0.1) is 0 Å². The highest BCUT2D eigenvalue weighted by atomic mass is 19.1. The van der Waals surface area contributed by atoms with Crippen molar-refractivity contribution in [3.05, 3.63) is 35.3 Å². The predicted octanol–water partition coefficient (Wildman–Crippen LogP) is 3.02. The molecule has 0 spiro atoms. The molecule has 1 N–H and O–H groups in total. The Labute approximate surface area is 110 Å². The van der Waals surface area contributed by atoms with E-state index in [9.17, 15) is 4.39 Å². The van der Waals surface area contributed by atoms with E-state index in [2.05, 4.69) is 10.3 Å². The van der Waals surface area contributed by atoms with Crippen LogP contribution in [0.25, 0.3) is 10.9 Å². The third-order valence-corrected chi connectivity index (χ3v) is 3.81. The molecule has 1 aliphatic heterocycles. The molecule has 0 radical (unpaired) electrons. The van der Waals surface area contributed by atoms with Gasteiger partial charge in [-0.25, -0.2) is 9.37 Å². The molecule has 19 heavy (non-hydrogen) atoms. The zero-order valence-corrected chi connectivity index (χ0v) is 10.6. The highest BCUT2D eigenvalue weighted by Gasteiger charge is 2.26. The highest BCUT2D eigenvalue weighted by molar-refractivity contribution is 5.94. The van der Waals surface area contributed by atoms with Crippen LogP contribution in [0.5, 0.6) is 0 Å². The molecule has 1 aromatic heterocycles. The van der Waals surface area contributed by atoms with Crippen LogP contribution in [0, 0.1) is 5.82 Å². The van der Waals surface area contributed by atoms with E-state index in [1.54, 1.807) is 6.07 Å². The van der Waals surface area contributed by atoms with E-state index < -0.39 is 0 Å². The zero-order chi connectivity index (χ0) is 12.8. The van der Waals surface area contributed by atoms with Crippen LogP contribution in [0.4, 0.5) is 10.1 Å². The fourth-order valence-electron chi connectivity index (χ4n) is 2.64. The van der Waals surface area contributed by atoms with Gasteiger partial charge in [-0.05, 0) is 18.9 Å². The average Bonchev–Trinajstić information content (AvgIpc) is 3.24. The molecule has 0 atom stereocenters. The molecule has 0 unspecified atom stereocenters. The molecule has 1 saturated carbocycles. The summed E-state index contributed by atoms with van der Waals surface area (Å²) in [4.78, 5) is 4.51. The first-order chi connectivity index (χ1) is 9.33. The third kappa shape index (κ3) is 1.87. The van der Waals surface area contributed by atoms with Gasteiger partial charge in [-0.2, -0.15) is 0 Å². The summed E-state index contributed by atoms with van der Waals surface area (Å²) in [5.74, 6) is -0.245. The van der Waals surface area contributed by atoms with E-state index in [4.69, 9.17) is 4.74 Å². The van der Waals surface area contributed by atoms with Crippen molar-refractivity contribution in [3.63, 3.8) is 0 Å². The van der Waals surface area contributed by atoms with Crippen LogP contribution in [-0.2, 0) is 17.8 Å². The van der Waals surface area contributed by atoms with E-state index >= 15 is 0 Å². The maximum Gasteiger partial charge on any atom is 0.149 e. The number of anilines is 1. The lowest BCUT2D eigenvalue weighted by Crippen LogP contribution is -2.16. The molecule has 98 valence electrons. The number of aromatic nitrogens is 1. The number of benzene rings is 1. The van der Waals surface area contributed by atoms with Gasteiger partial charge in [0.1, 0.15) is 11.3 Å². The van der Waals surface area contributed by atoms with E-state index in [-0.39, 0.29) is 5.82 Å². The number of ether oxygens (including phenoxy) is 1. The van der Waals surface area contributed by atoms with Gasteiger partial charge in [0.25, 0.3) is 0 Å². The monoisotopic (exact) mass is 258 g/mol. The van der Waals surface area contributed by atoms with Gasteiger partial charge in [-0.3, -0.25) is 0 Å². The van der Waals surface area contributed by atoms with Gasteiger partial charge in [0, 0.05) is 23.4 Å². The lowest BCUT2D eigenvalue weighted by molar-refractivity contribution is 0.110. The van der Waals surface area contributed by atoms with Crippen LogP contribution in [0.15, 0.2) is 18.2 Å². The number of hydrogen-bond acceptors (Lipinski definition) is 3. The maximum atomic E-state index is 14.0. The first-order valence-electron chi connectivity index (χ1n) is 6.77. The first kappa shape index (κ1) is 11.2. The molecule has 1 fully saturated rings. The number of rotatable bonds is 2. The van der Waals surface area contributed by atoms with Crippen molar-refractivity contribution in [2.24, 2.45) is 0 Å². The molecule has 0 bridgehead atoms. The molecular weight excluding hydrogens is 243 g/mol. The fourth-order valence-corrected chi connectivity index (χ4v) is 2.64. The average molecular weight is 258 g/mol. The number of nitrogens with one attached hydrogen (secondary N) is 1. The second kappa shape index (κ2) is 4.17. The highest BCUT2D eigenvalue weighted by Crippen LogP contribution is 2.35. The number of nitrogens with zero attached hydrogens (tertiary/aromatic N) is 1. The van der Waals surface area contributed by atoms with Gasteiger partial charge in [0.2, 0.25) is 0 Å². The summed E-state index contributed by atoms with van der Waals surface area (Å²) in [6.45, 7) is 1.24. The van der Waals surface area contributed by atoms with Crippen LogP contribution in [0.3, 0.4) is 0 Å². The van der Waals surface area contributed by atoms with Gasteiger partial charge >= 0.3 is 0 Å². The molecule has 4 heteroatoms. The van der Waals surface area contributed by atoms with E-state index in [1.807, 2.05) is 6.07 Å². The summed E-state index contributed by atoms with van der Waals surface area (Å²) in [5.41, 5.74) is 3.59. The second-order valence-electron chi connectivity index (χ2n) is 5.27. The quantitative estimate of drug-likeness (QED) is 0.899. The zero-order valence-electron chi connectivity index (χ0n) is 10.6. The molecule has 3 nitrogen and oxygen atoms in total. The van der Waals surface area contributed by atoms with Gasteiger partial charge in [0.05, 0.1) is 24.6 Å². The SMILES string of the molecule is Fc1cccc2c(NC3CC3)c3c(nc12)CCOC3. The normalized spacial score (nSPS) is 18.4. The standard InChI is InChI=1S/C15H15FN2O/c16-12-3-1-2-10-14(17-9-4-5-9)11-8-19-7-6-13(11)18-15(10)12/h1-3,9H,4-8H2,(H,17,18). The molecule has 4 rings (SSSR count). The number of halogens is 1.